The number of hydrogen-bond acceptors (Lipinski definition) is 4. The number of nitrogens with one attached hydrogen (secondary N) is 1. The quantitative estimate of drug-likeness (QED) is 0.745. The molecule has 0 bridgehead atoms. The molecule has 92 valence electrons. The van der Waals surface area contributed by atoms with Crippen LogP contribution in [0.5, 0.6) is 0 Å². The number of carboxylic acids is 1. The van der Waals surface area contributed by atoms with Crippen LogP contribution < -0.4 is 5.32 Å². The number of hydrogen-bond donors (Lipinski definition) is 2. The Morgan fingerprint density at radius 3 is 3.18 bits per heavy atom. The fourth-order valence-electron chi connectivity index (χ4n) is 3.12. The van der Waals surface area contributed by atoms with Crippen molar-refractivity contribution >= 4 is 5.97 Å². The van der Waals surface area contributed by atoms with Crippen LogP contribution in [0.4, 0.5) is 0 Å². The minimum atomic E-state index is -0.883. The maximum absolute atomic E-state index is 11.6. The van der Waals surface area contributed by atoms with E-state index in [0.29, 0.717) is 13.1 Å². The van der Waals surface area contributed by atoms with E-state index in [1.807, 2.05) is 24.9 Å². The highest BCUT2D eigenvalue weighted by Gasteiger charge is 2.56. The highest BCUT2D eigenvalue weighted by atomic mass is 16.4. The van der Waals surface area contributed by atoms with Crippen LogP contribution >= 0.6 is 0 Å². The lowest BCUT2D eigenvalue weighted by Crippen LogP contribution is -2.58. The van der Waals surface area contributed by atoms with Crippen LogP contribution in [0.25, 0.3) is 0 Å². The molecule has 0 aromatic carbocycles. The van der Waals surface area contributed by atoms with Crippen LogP contribution in [-0.2, 0) is 11.3 Å². The number of carboxylic acid groups (broad SMARTS) is 1. The van der Waals surface area contributed by atoms with Gasteiger partial charge in [-0.2, -0.15) is 0 Å². The number of furan rings is 1. The zero-order valence-electron chi connectivity index (χ0n) is 9.99. The molecular weight excluding hydrogens is 220 g/mol. The van der Waals surface area contributed by atoms with Crippen LogP contribution in [0, 0.1) is 6.92 Å². The number of carbonyl (C=O) groups is 1. The van der Waals surface area contributed by atoms with Crippen LogP contribution in [0.3, 0.4) is 0 Å². The van der Waals surface area contributed by atoms with Crippen LogP contribution in [0.15, 0.2) is 10.5 Å². The van der Waals surface area contributed by atoms with Crippen molar-refractivity contribution in [3.8, 4) is 0 Å². The summed E-state index contributed by atoms with van der Waals surface area (Å²) in [5.41, 5.74) is 0.214. The number of aliphatic carboxylic acids is 1. The average molecular weight is 236 g/mol. The molecule has 0 aliphatic carbocycles. The van der Waals surface area contributed by atoms with Gasteiger partial charge in [-0.3, -0.25) is 10.1 Å². The highest BCUT2D eigenvalue weighted by molar-refractivity contribution is 5.82. The zero-order chi connectivity index (χ0) is 12.2. The van der Waals surface area contributed by atoms with E-state index in [1.165, 1.54) is 0 Å². The summed E-state index contributed by atoms with van der Waals surface area (Å²) in [4.78, 5) is 13.6. The Balaban J connectivity index is 2.10. The smallest absolute Gasteiger partial charge is 0.326 e. The van der Waals surface area contributed by atoms with Gasteiger partial charge in [0.1, 0.15) is 17.1 Å². The molecule has 0 amide bonds. The third kappa shape index (κ3) is 1.36. The molecule has 5 heteroatoms. The Labute approximate surface area is 99.4 Å². The van der Waals surface area contributed by atoms with Gasteiger partial charge in [-0.15, -0.1) is 0 Å². The van der Waals surface area contributed by atoms with Crippen molar-refractivity contribution < 1.29 is 14.3 Å². The minimum absolute atomic E-state index is 0.0950. The predicted octanol–water partition coefficient (Wildman–Crippen LogP) is 0.544. The third-order valence-corrected chi connectivity index (χ3v) is 3.87. The molecule has 0 unspecified atom stereocenters. The molecule has 1 aromatic rings. The fraction of sp³-hybridized carbons (Fsp3) is 0.583. The third-order valence-electron chi connectivity index (χ3n) is 3.87. The Morgan fingerprint density at radius 1 is 1.71 bits per heavy atom. The SMILES string of the molecule is Cc1cc2c(o1)[C@@H]1CN(C)C[C@@]1(C(=O)O)NC2. The lowest BCUT2D eigenvalue weighted by Gasteiger charge is -2.34. The number of nitrogens with zero attached hydrogens (tertiary/aromatic N) is 1. The second kappa shape index (κ2) is 3.34. The van der Waals surface area contributed by atoms with E-state index in [9.17, 15) is 9.90 Å². The molecule has 3 rings (SSSR count). The summed E-state index contributed by atoms with van der Waals surface area (Å²) in [6, 6.07) is 1.99. The Bertz CT molecular complexity index is 482. The van der Waals surface area contributed by atoms with Gasteiger partial charge in [-0.1, -0.05) is 0 Å². The highest BCUT2D eigenvalue weighted by Crippen LogP contribution is 2.41. The molecule has 1 saturated heterocycles. The summed E-state index contributed by atoms with van der Waals surface area (Å²) in [5, 5.41) is 12.7. The van der Waals surface area contributed by atoms with E-state index in [-0.39, 0.29) is 5.92 Å². The van der Waals surface area contributed by atoms with Crippen molar-refractivity contribution in [1.82, 2.24) is 10.2 Å². The van der Waals surface area contributed by atoms with Crippen LogP contribution in [0.1, 0.15) is 23.0 Å². The van der Waals surface area contributed by atoms with Gasteiger partial charge >= 0.3 is 5.97 Å². The molecular formula is C12H16N2O3. The average Bonchev–Trinajstić information content (AvgIpc) is 2.76. The summed E-state index contributed by atoms with van der Waals surface area (Å²) in [7, 11) is 1.94. The van der Waals surface area contributed by atoms with Gasteiger partial charge in [0.25, 0.3) is 0 Å². The van der Waals surface area contributed by atoms with Gasteiger partial charge in [0.2, 0.25) is 0 Å². The largest absolute Gasteiger partial charge is 0.480 e. The Morgan fingerprint density at radius 2 is 2.47 bits per heavy atom. The first-order chi connectivity index (χ1) is 8.03. The van der Waals surface area contributed by atoms with E-state index in [2.05, 4.69) is 5.32 Å². The first kappa shape index (κ1) is 10.8. The van der Waals surface area contributed by atoms with Gasteiger partial charge in [0.15, 0.2) is 0 Å². The normalized spacial score (nSPS) is 32.2. The molecule has 1 fully saturated rings. The number of aryl methyl sites for hydroxylation is 1. The van der Waals surface area contributed by atoms with Crippen molar-refractivity contribution in [3.05, 3.63) is 23.2 Å². The van der Waals surface area contributed by atoms with Crippen molar-refractivity contribution in [2.24, 2.45) is 0 Å². The zero-order valence-corrected chi connectivity index (χ0v) is 9.99. The van der Waals surface area contributed by atoms with Crippen molar-refractivity contribution in [1.29, 1.82) is 0 Å². The minimum Gasteiger partial charge on any atom is -0.480 e. The molecule has 3 heterocycles. The van der Waals surface area contributed by atoms with E-state index in [0.717, 1.165) is 23.6 Å². The predicted molar refractivity (Wildman–Crippen MR) is 60.9 cm³/mol. The first-order valence-corrected chi connectivity index (χ1v) is 5.79. The fourth-order valence-corrected chi connectivity index (χ4v) is 3.12. The monoisotopic (exact) mass is 236 g/mol. The standard InChI is InChI=1S/C12H16N2O3/c1-7-3-8-4-13-12(11(15)16)6-14(2)5-9(12)10(8)17-7/h3,9,13H,4-6H2,1-2H3,(H,15,16)/t9-,12+/m0/s1. The molecule has 0 radical (unpaired) electrons. The second-order valence-electron chi connectivity index (χ2n) is 5.13. The lowest BCUT2D eigenvalue weighted by molar-refractivity contribution is -0.145. The second-order valence-corrected chi connectivity index (χ2v) is 5.13. The van der Waals surface area contributed by atoms with E-state index < -0.39 is 11.5 Å². The summed E-state index contributed by atoms with van der Waals surface area (Å²) < 4.78 is 5.71. The van der Waals surface area contributed by atoms with Crippen molar-refractivity contribution in [2.45, 2.75) is 24.9 Å². The summed E-state index contributed by atoms with van der Waals surface area (Å²) in [6.45, 7) is 3.72. The van der Waals surface area contributed by atoms with Crippen LogP contribution in [-0.4, -0.2) is 41.7 Å². The number of fused-ring (bicyclic) bond motifs is 3. The number of likely N-dealkylation sites (tertiary alicyclic amines) is 1. The van der Waals surface area contributed by atoms with E-state index in [4.69, 9.17) is 4.42 Å². The molecule has 2 atom stereocenters. The molecule has 2 aliphatic heterocycles. The first-order valence-electron chi connectivity index (χ1n) is 5.79. The van der Waals surface area contributed by atoms with Gasteiger partial charge in [-0.05, 0) is 20.0 Å². The molecule has 1 aromatic heterocycles. The molecule has 5 nitrogen and oxygen atoms in total. The summed E-state index contributed by atoms with van der Waals surface area (Å²) >= 11 is 0. The number of rotatable bonds is 1. The Hall–Kier alpha value is -1.33. The number of likely N-dealkylation sites (N-methyl/N-ethyl adjacent to an activating group) is 1. The maximum atomic E-state index is 11.6. The molecule has 2 N–H and O–H groups in total. The summed E-state index contributed by atoms with van der Waals surface area (Å²) in [6.07, 6.45) is 0. The topological polar surface area (TPSA) is 65.7 Å². The van der Waals surface area contributed by atoms with Crippen LogP contribution in [0.2, 0.25) is 0 Å². The van der Waals surface area contributed by atoms with Gasteiger partial charge in [0.05, 0.1) is 5.92 Å². The molecule has 2 aliphatic rings. The molecule has 0 saturated carbocycles. The maximum Gasteiger partial charge on any atom is 0.326 e. The van der Waals surface area contributed by atoms with Crippen molar-refractivity contribution in [3.63, 3.8) is 0 Å². The van der Waals surface area contributed by atoms with Crippen molar-refractivity contribution in [2.75, 3.05) is 20.1 Å². The Kier molecular flexibility index (Phi) is 2.12. The van der Waals surface area contributed by atoms with Gasteiger partial charge in [-0.25, -0.2) is 0 Å². The molecule has 0 spiro atoms. The van der Waals surface area contributed by atoms with E-state index in [1.54, 1.807) is 0 Å². The lowest BCUT2D eigenvalue weighted by atomic mass is 9.81. The summed E-state index contributed by atoms with van der Waals surface area (Å²) in [5.74, 6) is 0.828. The van der Waals surface area contributed by atoms with Gasteiger partial charge < -0.3 is 14.4 Å². The molecule has 17 heavy (non-hydrogen) atoms. The van der Waals surface area contributed by atoms with E-state index >= 15 is 0 Å². The van der Waals surface area contributed by atoms with Gasteiger partial charge in [0, 0.05) is 25.2 Å².